The molecule has 208 valence electrons. The molecule has 7 aliphatic rings. The SMILES string of the molecule is CS(=O)(=O)Nc1ccc2c(c1)S(=O)(=O)N=C(C1=C(O)[C@@H]3C4C5CC6C(C64)C5C3N(Cc3ccc(F)cc3)C1=O)N2. The Labute approximate surface area is 230 Å². The standard InChI is InChI=1S/C27H25FN4O6S2/c1-39(35,36)30-13-6-7-16-17(8-13)40(37,38)31-26(29-16)23-25(33)22-20-15-9-14-18(20)19(14)21(15)24(22)32(27(23)34)10-11-2-4-12(28)5-3-11/h2-8,14-15,18-22,24,30,33H,9-10H2,1H3,(H,29,31)/t14?,15?,18?,19?,20?,21?,22-,24?/m1/s1. The van der Waals surface area contributed by atoms with Crippen LogP contribution in [0.4, 0.5) is 15.8 Å². The summed E-state index contributed by atoms with van der Waals surface area (Å²) in [4.78, 5) is 15.6. The summed E-state index contributed by atoms with van der Waals surface area (Å²) in [6.07, 6.45) is 2.05. The Morgan fingerprint density at radius 3 is 2.50 bits per heavy atom. The zero-order chi connectivity index (χ0) is 27.9. The predicted molar refractivity (Wildman–Crippen MR) is 143 cm³/mol. The minimum Gasteiger partial charge on any atom is -0.511 e. The third kappa shape index (κ3) is 3.24. The van der Waals surface area contributed by atoms with Crippen LogP contribution in [-0.2, 0) is 31.4 Å². The maximum Gasteiger partial charge on any atom is 0.286 e. The van der Waals surface area contributed by atoms with Gasteiger partial charge in [0.15, 0.2) is 5.84 Å². The highest BCUT2D eigenvalue weighted by Gasteiger charge is 2.82. The molecule has 8 atom stereocenters. The first-order valence-corrected chi connectivity index (χ1v) is 16.5. The van der Waals surface area contributed by atoms with Crippen LogP contribution in [0.5, 0.6) is 0 Å². The van der Waals surface area contributed by atoms with Gasteiger partial charge in [-0.15, -0.1) is 4.40 Å². The van der Waals surface area contributed by atoms with E-state index in [4.69, 9.17) is 0 Å². The summed E-state index contributed by atoms with van der Waals surface area (Å²) in [7, 11) is -8.00. The Hall–Kier alpha value is -3.45. The van der Waals surface area contributed by atoms with E-state index in [0.29, 0.717) is 29.6 Å². The van der Waals surface area contributed by atoms with Crippen LogP contribution in [0.3, 0.4) is 0 Å². The molecular weight excluding hydrogens is 559 g/mol. The number of carbonyl (C=O) groups excluding carboxylic acids is 1. The van der Waals surface area contributed by atoms with Crippen molar-refractivity contribution in [3.05, 3.63) is 65.2 Å². The van der Waals surface area contributed by atoms with Crippen molar-refractivity contribution < 1.29 is 31.1 Å². The summed E-state index contributed by atoms with van der Waals surface area (Å²) in [5, 5.41) is 14.6. The van der Waals surface area contributed by atoms with Crippen LogP contribution >= 0.6 is 0 Å². The van der Waals surface area contributed by atoms with Crippen LogP contribution in [0, 0.1) is 47.2 Å². The van der Waals surface area contributed by atoms with E-state index in [0.717, 1.165) is 24.3 Å². The third-order valence-electron chi connectivity index (χ3n) is 9.83. The first-order valence-electron chi connectivity index (χ1n) is 13.2. The lowest BCUT2D eigenvalue weighted by molar-refractivity contribution is -0.134. The zero-order valence-electron chi connectivity index (χ0n) is 21.2. The summed E-state index contributed by atoms with van der Waals surface area (Å²) in [5.41, 5.74) is 0.730. The molecule has 0 radical (unpaired) electrons. The van der Waals surface area contributed by atoms with Crippen LogP contribution in [0.15, 0.2) is 63.1 Å². The number of benzene rings is 2. The molecule has 0 saturated heterocycles. The van der Waals surface area contributed by atoms with Crippen LogP contribution < -0.4 is 10.0 Å². The van der Waals surface area contributed by atoms with Gasteiger partial charge in [-0.05, 0) is 77.8 Å². The summed E-state index contributed by atoms with van der Waals surface area (Å²) in [5.74, 6) is 1.10. The van der Waals surface area contributed by atoms with Gasteiger partial charge in [-0.1, -0.05) is 12.1 Å². The van der Waals surface area contributed by atoms with Crippen molar-refractivity contribution in [2.24, 2.45) is 45.8 Å². The van der Waals surface area contributed by atoms with E-state index in [9.17, 15) is 31.1 Å². The highest BCUT2D eigenvalue weighted by atomic mass is 32.2. The number of hydrogen-bond donors (Lipinski definition) is 3. The first-order chi connectivity index (χ1) is 18.9. The number of fused-ring (bicyclic) bond motifs is 2. The molecule has 6 bridgehead atoms. The molecule has 5 aliphatic carbocycles. The average Bonchev–Trinajstić information content (AvgIpc) is 3.18. The normalized spacial score (nSPS) is 35.7. The number of nitrogens with zero attached hydrogens (tertiary/aromatic N) is 2. The average molecular weight is 585 g/mol. The highest BCUT2D eigenvalue weighted by Crippen LogP contribution is 2.83. The fraction of sp³-hybridized carbons (Fsp3) is 0.407. The topological polar surface area (TPSA) is 145 Å². The van der Waals surface area contributed by atoms with E-state index >= 15 is 0 Å². The van der Waals surface area contributed by atoms with Crippen molar-refractivity contribution >= 4 is 43.2 Å². The van der Waals surface area contributed by atoms with E-state index in [1.54, 1.807) is 17.0 Å². The molecule has 2 heterocycles. The minimum absolute atomic E-state index is 0.0503. The van der Waals surface area contributed by atoms with Crippen molar-refractivity contribution in [2.75, 3.05) is 16.3 Å². The van der Waals surface area contributed by atoms with Crippen LogP contribution in [0.2, 0.25) is 0 Å². The van der Waals surface area contributed by atoms with Gasteiger partial charge in [-0.2, -0.15) is 8.42 Å². The van der Waals surface area contributed by atoms with Gasteiger partial charge in [0.1, 0.15) is 22.0 Å². The van der Waals surface area contributed by atoms with Gasteiger partial charge in [0.05, 0.1) is 11.9 Å². The van der Waals surface area contributed by atoms with Gasteiger partial charge in [-0.25, -0.2) is 12.8 Å². The van der Waals surface area contributed by atoms with Gasteiger partial charge in [0.25, 0.3) is 15.9 Å². The molecule has 2 aliphatic heterocycles. The smallest absolute Gasteiger partial charge is 0.286 e. The zero-order valence-corrected chi connectivity index (χ0v) is 22.8. The molecule has 40 heavy (non-hydrogen) atoms. The number of carbonyl (C=O) groups is 1. The van der Waals surface area contributed by atoms with E-state index in [1.165, 1.54) is 24.3 Å². The minimum atomic E-state index is -4.35. The lowest BCUT2D eigenvalue weighted by atomic mass is 9.77. The molecule has 5 fully saturated rings. The maximum atomic E-state index is 14.1. The molecule has 7 unspecified atom stereocenters. The van der Waals surface area contributed by atoms with Crippen LogP contribution in [-0.4, -0.2) is 50.9 Å². The number of rotatable bonds is 5. The third-order valence-corrected chi connectivity index (χ3v) is 11.8. The number of amides is 1. The number of hydrogen-bond acceptors (Lipinski definition) is 7. The molecule has 2 aromatic carbocycles. The second-order valence-corrected chi connectivity index (χ2v) is 15.2. The molecule has 3 N–H and O–H groups in total. The molecule has 10 nitrogen and oxygen atoms in total. The number of anilines is 2. The Kier molecular flexibility index (Phi) is 4.65. The predicted octanol–water partition coefficient (Wildman–Crippen LogP) is 2.69. The van der Waals surface area contributed by atoms with Crippen molar-refractivity contribution in [1.82, 2.24) is 4.90 Å². The number of nitrogens with one attached hydrogen (secondary N) is 2. The van der Waals surface area contributed by atoms with E-state index < -0.39 is 26.0 Å². The first kappa shape index (κ1) is 24.4. The molecule has 13 heteroatoms. The van der Waals surface area contributed by atoms with Gasteiger partial charge < -0.3 is 15.3 Å². The van der Waals surface area contributed by atoms with Crippen molar-refractivity contribution in [2.45, 2.75) is 23.9 Å². The molecule has 5 saturated carbocycles. The molecular formula is C27H25FN4O6S2. The highest BCUT2D eigenvalue weighted by molar-refractivity contribution is 7.92. The van der Waals surface area contributed by atoms with Crippen LogP contribution in [0.1, 0.15) is 12.0 Å². The molecule has 2 aromatic rings. The van der Waals surface area contributed by atoms with E-state index in [2.05, 4.69) is 14.4 Å². The Morgan fingerprint density at radius 2 is 1.80 bits per heavy atom. The fourth-order valence-corrected chi connectivity index (χ4v) is 10.5. The quantitative estimate of drug-likeness (QED) is 0.490. The van der Waals surface area contributed by atoms with Gasteiger partial charge >= 0.3 is 0 Å². The summed E-state index contributed by atoms with van der Waals surface area (Å²) >= 11 is 0. The van der Waals surface area contributed by atoms with Crippen LogP contribution in [0.25, 0.3) is 0 Å². The van der Waals surface area contributed by atoms with Gasteiger partial charge in [0, 0.05) is 24.2 Å². The monoisotopic (exact) mass is 584 g/mol. The number of aliphatic hydroxyl groups excluding tert-OH is 1. The van der Waals surface area contributed by atoms with Crippen molar-refractivity contribution in [1.29, 1.82) is 0 Å². The summed E-state index contributed by atoms with van der Waals surface area (Å²) < 4.78 is 69.6. The fourth-order valence-electron chi connectivity index (χ4n) is 8.77. The Bertz CT molecular complexity index is 1810. The molecule has 0 spiro atoms. The van der Waals surface area contributed by atoms with Gasteiger partial charge in [-0.3, -0.25) is 9.52 Å². The summed E-state index contributed by atoms with van der Waals surface area (Å²) in [6.45, 7) is 0.201. The number of halogens is 1. The lowest BCUT2D eigenvalue weighted by Gasteiger charge is -2.44. The molecule has 9 rings (SSSR count). The maximum absolute atomic E-state index is 14.1. The number of amidine groups is 1. The molecule has 0 aromatic heterocycles. The van der Waals surface area contributed by atoms with Gasteiger partial charge in [0.2, 0.25) is 10.0 Å². The Morgan fingerprint density at radius 1 is 1.10 bits per heavy atom. The number of aliphatic hydroxyl groups is 1. The van der Waals surface area contributed by atoms with E-state index in [1.807, 2.05) is 0 Å². The second-order valence-electron chi connectivity index (χ2n) is 11.8. The van der Waals surface area contributed by atoms with Crippen molar-refractivity contribution in [3.63, 3.8) is 0 Å². The Balaban J connectivity index is 1.21. The lowest BCUT2D eigenvalue weighted by Crippen LogP contribution is -2.54. The number of sulfonamides is 2. The second kappa shape index (κ2) is 7.64. The largest absolute Gasteiger partial charge is 0.511 e. The van der Waals surface area contributed by atoms with Crippen molar-refractivity contribution in [3.8, 4) is 0 Å². The van der Waals surface area contributed by atoms with E-state index in [-0.39, 0.29) is 63.7 Å². The summed E-state index contributed by atoms with van der Waals surface area (Å²) in [6, 6.07) is 9.67. The molecule has 1 amide bonds.